The van der Waals surface area contributed by atoms with Crippen molar-refractivity contribution in [3.63, 3.8) is 0 Å². The van der Waals surface area contributed by atoms with Gasteiger partial charge in [-0.3, -0.25) is 4.79 Å². The van der Waals surface area contributed by atoms with E-state index >= 15 is 0 Å². The molecule has 0 heterocycles. The third-order valence-corrected chi connectivity index (χ3v) is 4.12. The largest absolute Gasteiger partial charge is 0.494 e. The van der Waals surface area contributed by atoms with Gasteiger partial charge in [-0.05, 0) is 48.4 Å². The maximum absolute atomic E-state index is 12.3. The van der Waals surface area contributed by atoms with Crippen LogP contribution in [0.1, 0.15) is 34.8 Å². The molecule has 0 saturated heterocycles. The van der Waals surface area contributed by atoms with Crippen molar-refractivity contribution >= 4 is 12.1 Å². The zero-order chi connectivity index (χ0) is 20.3. The van der Waals surface area contributed by atoms with Gasteiger partial charge in [0.2, 0.25) is 0 Å². The number of ether oxygens (including phenoxy) is 2. The minimum Gasteiger partial charge on any atom is -0.494 e. The highest BCUT2D eigenvalue weighted by atomic mass is 16.5. The molecule has 0 aliphatic carbocycles. The second-order valence-electron chi connectivity index (χ2n) is 6.38. The summed E-state index contributed by atoms with van der Waals surface area (Å²) in [6, 6.07) is 24.5. The van der Waals surface area contributed by atoms with E-state index in [2.05, 4.69) is 10.5 Å². The third-order valence-electron chi connectivity index (χ3n) is 4.12. The van der Waals surface area contributed by atoms with Crippen LogP contribution in [0.3, 0.4) is 0 Å². The molecule has 0 bridgehead atoms. The van der Waals surface area contributed by atoms with Crippen molar-refractivity contribution in [1.29, 1.82) is 0 Å². The van der Waals surface area contributed by atoms with Gasteiger partial charge in [-0.2, -0.15) is 5.10 Å². The van der Waals surface area contributed by atoms with Gasteiger partial charge < -0.3 is 9.47 Å². The van der Waals surface area contributed by atoms with E-state index in [4.69, 9.17) is 9.47 Å². The minimum atomic E-state index is -0.286. The molecule has 0 aliphatic rings. The number of hydrazone groups is 1. The van der Waals surface area contributed by atoms with Crippen molar-refractivity contribution in [2.75, 3.05) is 6.61 Å². The normalized spacial score (nSPS) is 10.7. The molecule has 148 valence electrons. The van der Waals surface area contributed by atoms with E-state index in [0.29, 0.717) is 24.5 Å². The van der Waals surface area contributed by atoms with E-state index in [0.717, 1.165) is 23.3 Å². The van der Waals surface area contributed by atoms with E-state index in [1.165, 1.54) is 0 Å². The number of amides is 1. The zero-order valence-corrected chi connectivity index (χ0v) is 16.4. The summed E-state index contributed by atoms with van der Waals surface area (Å²) in [6.07, 6.45) is 2.52. The molecule has 0 aliphatic heterocycles. The molecule has 0 spiro atoms. The lowest BCUT2D eigenvalue weighted by molar-refractivity contribution is 0.0955. The summed E-state index contributed by atoms with van der Waals surface area (Å²) in [5.41, 5.74) is 4.93. The molecule has 3 aromatic rings. The lowest BCUT2D eigenvalue weighted by atomic mass is 10.2. The summed E-state index contributed by atoms with van der Waals surface area (Å²) in [5, 5.41) is 4.07. The van der Waals surface area contributed by atoms with Crippen molar-refractivity contribution in [3.05, 3.63) is 95.6 Å². The maximum Gasteiger partial charge on any atom is 0.271 e. The van der Waals surface area contributed by atoms with Gasteiger partial charge in [0.05, 0.1) is 12.8 Å². The highest BCUT2D eigenvalue weighted by molar-refractivity contribution is 5.95. The van der Waals surface area contributed by atoms with E-state index in [-0.39, 0.29) is 5.91 Å². The minimum absolute atomic E-state index is 0.286. The number of nitrogens with one attached hydrogen (secondary N) is 1. The number of rotatable bonds is 9. The molecular weight excluding hydrogens is 364 g/mol. The van der Waals surface area contributed by atoms with Crippen LogP contribution in [0.15, 0.2) is 84.0 Å². The first-order chi connectivity index (χ1) is 14.3. The Labute approximate surface area is 171 Å². The SMILES string of the molecule is CCCOc1ccc(C(=O)NN=Cc2ccccc2OCc2ccccc2)cc1. The van der Waals surface area contributed by atoms with Crippen LogP contribution in [0.2, 0.25) is 0 Å². The number of carbonyl (C=O) groups is 1. The van der Waals surface area contributed by atoms with Crippen LogP contribution < -0.4 is 14.9 Å². The zero-order valence-electron chi connectivity index (χ0n) is 16.4. The fraction of sp³-hybridized carbons (Fsp3) is 0.167. The monoisotopic (exact) mass is 388 g/mol. The first kappa shape index (κ1) is 20.1. The summed E-state index contributed by atoms with van der Waals surface area (Å²) < 4.78 is 11.4. The lowest BCUT2D eigenvalue weighted by Gasteiger charge is -2.09. The van der Waals surface area contributed by atoms with Crippen molar-refractivity contribution in [3.8, 4) is 11.5 Å². The first-order valence-electron chi connectivity index (χ1n) is 9.58. The summed E-state index contributed by atoms with van der Waals surface area (Å²) in [4.78, 5) is 12.3. The smallest absolute Gasteiger partial charge is 0.271 e. The molecule has 1 amide bonds. The molecule has 29 heavy (non-hydrogen) atoms. The first-order valence-corrected chi connectivity index (χ1v) is 9.58. The van der Waals surface area contributed by atoms with Crippen LogP contribution >= 0.6 is 0 Å². The predicted octanol–water partition coefficient (Wildman–Crippen LogP) is 4.82. The van der Waals surface area contributed by atoms with Crippen molar-refractivity contribution < 1.29 is 14.3 Å². The maximum atomic E-state index is 12.3. The quantitative estimate of drug-likeness (QED) is 0.422. The average Bonchev–Trinajstić information content (AvgIpc) is 2.78. The Morgan fingerprint density at radius 2 is 1.66 bits per heavy atom. The molecule has 5 nitrogen and oxygen atoms in total. The van der Waals surface area contributed by atoms with Gasteiger partial charge in [0, 0.05) is 11.1 Å². The number of hydrogen-bond donors (Lipinski definition) is 1. The topological polar surface area (TPSA) is 59.9 Å². The Hall–Kier alpha value is -3.60. The van der Waals surface area contributed by atoms with Crippen molar-refractivity contribution in [2.45, 2.75) is 20.0 Å². The summed E-state index contributed by atoms with van der Waals surface area (Å²) in [7, 11) is 0. The number of para-hydroxylation sites is 1. The second-order valence-corrected chi connectivity index (χ2v) is 6.38. The molecule has 0 radical (unpaired) electrons. The standard InChI is InChI=1S/C24H24N2O3/c1-2-16-28-22-14-12-20(13-15-22)24(27)26-25-17-21-10-6-7-11-23(21)29-18-19-8-4-3-5-9-19/h3-15,17H,2,16,18H2,1H3,(H,26,27). The molecule has 0 unspecified atom stereocenters. The average molecular weight is 388 g/mol. The van der Waals surface area contributed by atoms with Gasteiger partial charge in [-0.25, -0.2) is 5.43 Å². The van der Waals surface area contributed by atoms with Crippen LogP contribution in [-0.2, 0) is 6.61 Å². The summed E-state index contributed by atoms with van der Waals surface area (Å²) in [5.74, 6) is 1.16. The van der Waals surface area contributed by atoms with Crippen LogP contribution in [0.25, 0.3) is 0 Å². The van der Waals surface area contributed by atoms with Crippen LogP contribution in [0.4, 0.5) is 0 Å². The summed E-state index contributed by atoms with van der Waals surface area (Å²) >= 11 is 0. The fourth-order valence-electron chi connectivity index (χ4n) is 2.60. The number of hydrogen-bond acceptors (Lipinski definition) is 4. The van der Waals surface area contributed by atoms with E-state index in [1.54, 1.807) is 30.5 Å². The predicted molar refractivity (Wildman–Crippen MR) is 115 cm³/mol. The fourth-order valence-corrected chi connectivity index (χ4v) is 2.60. The number of nitrogens with zero attached hydrogens (tertiary/aromatic N) is 1. The Morgan fingerprint density at radius 1 is 0.931 bits per heavy atom. The van der Waals surface area contributed by atoms with Crippen molar-refractivity contribution in [2.24, 2.45) is 5.10 Å². The highest BCUT2D eigenvalue weighted by Crippen LogP contribution is 2.17. The van der Waals surface area contributed by atoms with E-state index < -0.39 is 0 Å². The van der Waals surface area contributed by atoms with E-state index in [1.807, 2.05) is 61.5 Å². The molecular formula is C24H24N2O3. The molecule has 3 aromatic carbocycles. The molecule has 0 fully saturated rings. The number of carbonyl (C=O) groups excluding carboxylic acids is 1. The molecule has 5 heteroatoms. The van der Waals surface area contributed by atoms with Gasteiger partial charge in [0.25, 0.3) is 5.91 Å². The molecule has 3 rings (SSSR count). The van der Waals surface area contributed by atoms with Crippen LogP contribution in [0.5, 0.6) is 11.5 Å². The molecule has 0 aromatic heterocycles. The van der Waals surface area contributed by atoms with Crippen LogP contribution in [-0.4, -0.2) is 18.7 Å². The Balaban J connectivity index is 1.57. The lowest BCUT2D eigenvalue weighted by Crippen LogP contribution is -2.17. The Morgan fingerprint density at radius 3 is 2.41 bits per heavy atom. The molecule has 0 saturated carbocycles. The van der Waals surface area contributed by atoms with Gasteiger partial charge in [-0.15, -0.1) is 0 Å². The second kappa shape index (κ2) is 10.7. The third kappa shape index (κ3) is 6.21. The van der Waals surface area contributed by atoms with Crippen LogP contribution in [0, 0.1) is 0 Å². The molecule has 0 atom stereocenters. The Kier molecular flexibility index (Phi) is 7.41. The van der Waals surface area contributed by atoms with Gasteiger partial charge in [0.15, 0.2) is 0 Å². The van der Waals surface area contributed by atoms with Crippen molar-refractivity contribution in [1.82, 2.24) is 5.43 Å². The van der Waals surface area contributed by atoms with E-state index in [9.17, 15) is 4.79 Å². The Bertz CT molecular complexity index is 938. The summed E-state index contributed by atoms with van der Waals surface area (Å²) in [6.45, 7) is 3.16. The molecule has 1 N–H and O–H groups in total. The van der Waals surface area contributed by atoms with Gasteiger partial charge in [-0.1, -0.05) is 49.4 Å². The van der Waals surface area contributed by atoms with Gasteiger partial charge >= 0.3 is 0 Å². The van der Waals surface area contributed by atoms with Gasteiger partial charge in [0.1, 0.15) is 18.1 Å². The highest BCUT2D eigenvalue weighted by Gasteiger charge is 2.05. The number of benzene rings is 3.